The van der Waals surface area contributed by atoms with Gasteiger partial charge in [-0.3, -0.25) is 19.6 Å². The number of nitrogens with one attached hydrogen (secondary N) is 1. The van der Waals surface area contributed by atoms with Gasteiger partial charge in [-0.2, -0.15) is 10.2 Å². The molecule has 0 aliphatic carbocycles. The molecule has 2 heterocycles. The number of aryl methyl sites for hydroxylation is 2. The highest BCUT2D eigenvalue weighted by Crippen LogP contribution is 2.22. The number of aromatic nitrogens is 4. The Balaban J connectivity index is 1.28. The molecule has 35 heavy (non-hydrogen) atoms. The van der Waals surface area contributed by atoms with Crippen LogP contribution in [-0.2, 0) is 13.0 Å². The van der Waals surface area contributed by atoms with Gasteiger partial charge in [0.15, 0.2) is 0 Å². The van der Waals surface area contributed by atoms with Crippen molar-refractivity contribution >= 4 is 17.4 Å². The first-order valence-electron chi connectivity index (χ1n) is 11.3. The molecule has 180 valence electrons. The maximum Gasteiger partial charge on any atom is 0.312 e. The van der Waals surface area contributed by atoms with Gasteiger partial charge in [-0.25, -0.2) is 4.68 Å². The average Bonchev–Trinajstić information content (AvgIpc) is 3.35. The van der Waals surface area contributed by atoms with E-state index in [1.54, 1.807) is 35.3 Å². The largest absolute Gasteiger partial charge is 0.384 e. The Bertz CT molecular complexity index is 1340. The molecule has 0 saturated carbocycles. The Hall–Kier alpha value is -4.47. The molecule has 0 bridgehead atoms. The fourth-order valence-electron chi connectivity index (χ4n) is 3.96. The SMILES string of the molecule is Cc1nn(Cc2ccc(C(=O)NCCCc3cc(N)n(-c4ccccc4)n3)cc2)c(C)c1[N+](=O)[O-]. The molecule has 0 spiro atoms. The summed E-state index contributed by atoms with van der Waals surface area (Å²) >= 11 is 0. The van der Waals surface area contributed by atoms with E-state index in [4.69, 9.17) is 5.73 Å². The number of nitrogen functional groups attached to an aromatic ring is 1. The lowest BCUT2D eigenvalue weighted by molar-refractivity contribution is -0.386. The molecule has 10 nitrogen and oxygen atoms in total. The number of anilines is 1. The monoisotopic (exact) mass is 473 g/mol. The van der Waals surface area contributed by atoms with Crippen LogP contribution in [0.5, 0.6) is 0 Å². The molecule has 1 amide bonds. The molecule has 0 unspecified atom stereocenters. The predicted octanol–water partition coefficient (Wildman–Crippen LogP) is 3.59. The highest BCUT2D eigenvalue weighted by atomic mass is 16.6. The third kappa shape index (κ3) is 5.37. The summed E-state index contributed by atoms with van der Waals surface area (Å²) in [5.74, 6) is 0.415. The van der Waals surface area contributed by atoms with E-state index in [9.17, 15) is 14.9 Å². The molecule has 0 saturated heterocycles. The lowest BCUT2D eigenvalue weighted by Crippen LogP contribution is -2.24. The molecule has 10 heteroatoms. The molecule has 2 aromatic heterocycles. The number of nitrogens with two attached hydrogens (primary N) is 1. The number of nitro groups is 1. The Morgan fingerprint density at radius 1 is 1.09 bits per heavy atom. The first kappa shape index (κ1) is 23.7. The molecule has 3 N–H and O–H groups in total. The zero-order valence-electron chi connectivity index (χ0n) is 19.6. The van der Waals surface area contributed by atoms with Crippen LogP contribution in [0.1, 0.15) is 39.4 Å². The second-order valence-corrected chi connectivity index (χ2v) is 8.30. The first-order chi connectivity index (χ1) is 16.8. The van der Waals surface area contributed by atoms with Crippen LogP contribution in [0.25, 0.3) is 5.69 Å². The van der Waals surface area contributed by atoms with Crippen molar-refractivity contribution in [3.05, 3.63) is 99.0 Å². The second kappa shape index (κ2) is 10.2. The Labute approximate surface area is 202 Å². The van der Waals surface area contributed by atoms with E-state index in [0.29, 0.717) is 42.3 Å². The summed E-state index contributed by atoms with van der Waals surface area (Å²) in [5.41, 5.74) is 10.2. The van der Waals surface area contributed by atoms with Crippen molar-refractivity contribution in [1.29, 1.82) is 0 Å². The van der Waals surface area contributed by atoms with Gasteiger partial charge in [-0.05, 0) is 56.5 Å². The summed E-state index contributed by atoms with van der Waals surface area (Å²) in [6, 6.07) is 18.7. The molecule has 0 radical (unpaired) electrons. The first-order valence-corrected chi connectivity index (χ1v) is 11.3. The smallest absolute Gasteiger partial charge is 0.312 e. The summed E-state index contributed by atoms with van der Waals surface area (Å²) in [6.45, 7) is 4.20. The number of para-hydroxylation sites is 1. The van der Waals surface area contributed by atoms with Gasteiger partial charge < -0.3 is 11.1 Å². The molecular weight excluding hydrogens is 446 g/mol. The average molecular weight is 474 g/mol. The molecule has 0 fully saturated rings. The maximum absolute atomic E-state index is 12.5. The van der Waals surface area contributed by atoms with E-state index in [0.717, 1.165) is 23.4 Å². The van der Waals surface area contributed by atoms with Gasteiger partial charge in [0, 0.05) is 18.2 Å². The van der Waals surface area contributed by atoms with E-state index < -0.39 is 4.92 Å². The lowest BCUT2D eigenvalue weighted by Gasteiger charge is -2.07. The van der Waals surface area contributed by atoms with Crippen LogP contribution in [0.15, 0.2) is 60.7 Å². The molecule has 0 aliphatic rings. The summed E-state index contributed by atoms with van der Waals surface area (Å²) < 4.78 is 3.31. The standard InChI is InChI=1S/C25H27N7O3/c1-17-24(32(34)35)18(2)30(28-17)16-19-10-12-20(13-11-19)25(33)27-14-6-7-21-15-23(26)31(29-21)22-8-4-3-5-9-22/h3-5,8-13,15H,6-7,14,16,26H2,1-2H3,(H,27,33). The van der Waals surface area contributed by atoms with Crippen molar-refractivity contribution in [1.82, 2.24) is 24.9 Å². The minimum Gasteiger partial charge on any atom is -0.384 e. The highest BCUT2D eigenvalue weighted by molar-refractivity contribution is 5.94. The van der Waals surface area contributed by atoms with E-state index >= 15 is 0 Å². The second-order valence-electron chi connectivity index (χ2n) is 8.30. The Morgan fingerprint density at radius 2 is 1.80 bits per heavy atom. The van der Waals surface area contributed by atoms with Crippen molar-refractivity contribution in [2.45, 2.75) is 33.2 Å². The lowest BCUT2D eigenvalue weighted by atomic mass is 10.1. The summed E-state index contributed by atoms with van der Waals surface area (Å²) in [6.07, 6.45) is 1.42. The van der Waals surface area contributed by atoms with Gasteiger partial charge in [0.25, 0.3) is 5.91 Å². The molecule has 0 aliphatic heterocycles. The number of carbonyl (C=O) groups excluding carboxylic acids is 1. The van der Waals surface area contributed by atoms with Crippen molar-refractivity contribution < 1.29 is 9.72 Å². The minimum atomic E-state index is -0.411. The topological polar surface area (TPSA) is 134 Å². The highest BCUT2D eigenvalue weighted by Gasteiger charge is 2.21. The van der Waals surface area contributed by atoms with E-state index in [-0.39, 0.29) is 11.6 Å². The quantitative estimate of drug-likeness (QED) is 0.217. The number of amides is 1. The zero-order valence-corrected chi connectivity index (χ0v) is 19.6. The fraction of sp³-hybridized carbons (Fsp3) is 0.240. The van der Waals surface area contributed by atoms with Gasteiger partial charge in [-0.15, -0.1) is 0 Å². The van der Waals surface area contributed by atoms with Gasteiger partial charge in [0.2, 0.25) is 0 Å². The third-order valence-corrected chi connectivity index (χ3v) is 5.76. The molecule has 4 rings (SSSR count). The number of carbonyl (C=O) groups is 1. The van der Waals surface area contributed by atoms with Gasteiger partial charge in [0.05, 0.1) is 22.8 Å². The number of nitrogens with zero attached hydrogens (tertiary/aromatic N) is 5. The summed E-state index contributed by atoms with van der Waals surface area (Å²) in [7, 11) is 0. The number of hydrogen-bond donors (Lipinski definition) is 2. The van der Waals surface area contributed by atoms with Crippen molar-refractivity contribution in [2.24, 2.45) is 0 Å². The van der Waals surface area contributed by atoms with Gasteiger partial charge in [0.1, 0.15) is 17.2 Å². The van der Waals surface area contributed by atoms with E-state index in [1.165, 1.54) is 0 Å². The van der Waals surface area contributed by atoms with E-state index in [2.05, 4.69) is 15.5 Å². The normalized spacial score (nSPS) is 10.9. The van der Waals surface area contributed by atoms with E-state index in [1.807, 2.05) is 48.5 Å². The van der Waals surface area contributed by atoms with Crippen LogP contribution in [-0.4, -0.2) is 36.9 Å². The van der Waals surface area contributed by atoms with Crippen molar-refractivity contribution in [2.75, 3.05) is 12.3 Å². The predicted molar refractivity (Wildman–Crippen MR) is 133 cm³/mol. The molecule has 0 atom stereocenters. The fourth-order valence-corrected chi connectivity index (χ4v) is 3.96. The van der Waals surface area contributed by atoms with Crippen molar-refractivity contribution in [3.63, 3.8) is 0 Å². The summed E-state index contributed by atoms with van der Waals surface area (Å²) in [4.78, 5) is 23.3. The van der Waals surface area contributed by atoms with Crippen LogP contribution in [0.3, 0.4) is 0 Å². The van der Waals surface area contributed by atoms with Crippen LogP contribution >= 0.6 is 0 Å². The molecule has 4 aromatic rings. The van der Waals surface area contributed by atoms with Crippen LogP contribution in [0, 0.1) is 24.0 Å². The number of hydrogen-bond acceptors (Lipinski definition) is 6. The maximum atomic E-state index is 12.5. The van der Waals surface area contributed by atoms with Crippen LogP contribution in [0.4, 0.5) is 11.5 Å². The minimum absolute atomic E-state index is 0.0375. The number of rotatable bonds is 9. The molecular formula is C25H27N7O3. The van der Waals surface area contributed by atoms with Crippen molar-refractivity contribution in [3.8, 4) is 5.69 Å². The Kier molecular flexibility index (Phi) is 6.91. The molecule has 2 aromatic carbocycles. The van der Waals surface area contributed by atoms with Gasteiger partial charge in [-0.1, -0.05) is 30.3 Å². The summed E-state index contributed by atoms with van der Waals surface area (Å²) in [5, 5.41) is 22.9. The number of benzene rings is 2. The third-order valence-electron chi connectivity index (χ3n) is 5.76. The Morgan fingerprint density at radius 3 is 2.46 bits per heavy atom. The van der Waals surface area contributed by atoms with Crippen LogP contribution in [0.2, 0.25) is 0 Å². The van der Waals surface area contributed by atoms with Crippen LogP contribution < -0.4 is 11.1 Å². The van der Waals surface area contributed by atoms with Gasteiger partial charge >= 0.3 is 5.69 Å². The zero-order chi connectivity index (χ0) is 24.9.